The average molecular weight is 325 g/mol. The predicted molar refractivity (Wildman–Crippen MR) is 91.4 cm³/mol. The van der Waals surface area contributed by atoms with Crippen molar-refractivity contribution in [2.24, 2.45) is 4.99 Å². The van der Waals surface area contributed by atoms with Gasteiger partial charge in [-0.3, -0.25) is 14.7 Å². The Bertz CT molecular complexity index is 415. The molecule has 0 radical (unpaired) electrons. The molecule has 1 amide bonds. The number of likely N-dealkylation sites (N-methyl/N-ethyl adjacent to an activating group) is 1. The number of hydrogen-bond acceptors (Lipinski definition) is 4. The molecule has 7 nitrogen and oxygen atoms in total. The molecule has 4 N–H and O–H groups in total. The minimum absolute atomic E-state index is 0.0695. The minimum Gasteiger partial charge on any atom is -0.388 e. The van der Waals surface area contributed by atoms with Crippen molar-refractivity contribution in [1.29, 1.82) is 0 Å². The lowest BCUT2D eigenvalue weighted by Gasteiger charge is -2.35. The normalized spacial score (nSPS) is 22.3. The summed E-state index contributed by atoms with van der Waals surface area (Å²) in [7, 11) is 1.67. The molecule has 0 aromatic carbocycles. The summed E-state index contributed by atoms with van der Waals surface area (Å²) in [6.07, 6.45) is 4.79. The molecule has 23 heavy (non-hydrogen) atoms. The fraction of sp³-hybridized carbons (Fsp3) is 0.875. The van der Waals surface area contributed by atoms with E-state index < -0.39 is 5.60 Å². The summed E-state index contributed by atoms with van der Waals surface area (Å²) in [5.74, 6) is 0.859. The fourth-order valence-corrected chi connectivity index (χ4v) is 3.00. The van der Waals surface area contributed by atoms with Gasteiger partial charge < -0.3 is 21.1 Å². The molecule has 2 fully saturated rings. The molecular weight excluding hydrogens is 294 g/mol. The Kier molecular flexibility index (Phi) is 6.65. The largest absolute Gasteiger partial charge is 0.388 e. The van der Waals surface area contributed by atoms with Gasteiger partial charge in [-0.05, 0) is 39.0 Å². The first-order chi connectivity index (χ1) is 11.0. The van der Waals surface area contributed by atoms with Crippen molar-refractivity contribution in [3.63, 3.8) is 0 Å². The highest BCUT2D eigenvalue weighted by atomic mass is 16.3. The average Bonchev–Trinajstić information content (AvgIpc) is 2.52. The number of carbonyl (C=O) groups is 1. The Morgan fingerprint density at radius 2 is 2.04 bits per heavy atom. The van der Waals surface area contributed by atoms with Gasteiger partial charge in [0.25, 0.3) is 0 Å². The number of aliphatic imine (C=N–C) groups is 1. The molecule has 1 aliphatic carbocycles. The molecule has 7 heteroatoms. The van der Waals surface area contributed by atoms with E-state index in [0.717, 1.165) is 57.7 Å². The van der Waals surface area contributed by atoms with E-state index in [1.54, 1.807) is 7.05 Å². The van der Waals surface area contributed by atoms with Gasteiger partial charge >= 0.3 is 0 Å². The van der Waals surface area contributed by atoms with Crippen LogP contribution in [-0.4, -0.2) is 73.3 Å². The van der Waals surface area contributed by atoms with Crippen LogP contribution in [0, 0.1) is 0 Å². The van der Waals surface area contributed by atoms with E-state index in [4.69, 9.17) is 0 Å². The van der Waals surface area contributed by atoms with Crippen molar-refractivity contribution in [3.8, 4) is 0 Å². The Hall–Kier alpha value is -1.34. The van der Waals surface area contributed by atoms with Crippen LogP contribution in [0.3, 0.4) is 0 Å². The standard InChI is InChI=1S/C16H31N5O2/c1-3-18-15(19-12-16(23)7-4-8-16)20-13-5-9-21(10-6-13)11-14(22)17-2/h13,23H,3-12H2,1-2H3,(H,17,22)(H2,18,19,20). The smallest absolute Gasteiger partial charge is 0.233 e. The zero-order chi connectivity index (χ0) is 16.7. The molecule has 0 aromatic rings. The molecule has 0 bridgehead atoms. The van der Waals surface area contributed by atoms with E-state index >= 15 is 0 Å². The van der Waals surface area contributed by atoms with Crippen LogP contribution in [0.15, 0.2) is 4.99 Å². The number of likely N-dealkylation sites (tertiary alicyclic amines) is 1. The molecule has 2 aliphatic rings. The van der Waals surface area contributed by atoms with Gasteiger partial charge in [-0.1, -0.05) is 0 Å². The van der Waals surface area contributed by atoms with Crippen LogP contribution in [0.5, 0.6) is 0 Å². The number of piperidine rings is 1. The summed E-state index contributed by atoms with van der Waals surface area (Å²) in [6, 6.07) is 0.366. The number of rotatable bonds is 6. The molecule has 132 valence electrons. The van der Waals surface area contributed by atoms with Crippen molar-refractivity contribution >= 4 is 11.9 Å². The lowest BCUT2D eigenvalue weighted by Crippen LogP contribution is -2.50. The van der Waals surface area contributed by atoms with Gasteiger partial charge in [0.2, 0.25) is 5.91 Å². The van der Waals surface area contributed by atoms with Gasteiger partial charge in [0.05, 0.1) is 18.7 Å². The maximum atomic E-state index is 11.4. The molecule has 1 heterocycles. The van der Waals surface area contributed by atoms with Crippen molar-refractivity contribution < 1.29 is 9.90 Å². The highest BCUT2D eigenvalue weighted by Crippen LogP contribution is 2.31. The van der Waals surface area contributed by atoms with Gasteiger partial charge in [0.15, 0.2) is 5.96 Å². The van der Waals surface area contributed by atoms with Gasteiger partial charge in [-0.15, -0.1) is 0 Å². The maximum Gasteiger partial charge on any atom is 0.233 e. The van der Waals surface area contributed by atoms with E-state index in [1.165, 1.54) is 0 Å². The van der Waals surface area contributed by atoms with Gasteiger partial charge in [-0.25, -0.2) is 0 Å². The highest BCUT2D eigenvalue weighted by molar-refractivity contribution is 5.80. The number of amides is 1. The Labute approximate surface area is 138 Å². The zero-order valence-corrected chi connectivity index (χ0v) is 14.4. The lowest BCUT2D eigenvalue weighted by molar-refractivity contribution is -0.122. The van der Waals surface area contributed by atoms with E-state index in [-0.39, 0.29) is 5.91 Å². The second-order valence-corrected chi connectivity index (χ2v) is 6.64. The third-order valence-electron chi connectivity index (χ3n) is 4.73. The van der Waals surface area contributed by atoms with E-state index in [9.17, 15) is 9.90 Å². The van der Waals surface area contributed by atoms with E-state index in [0.29, 0.717) is 19.1 Å². The number of nitrogens with one attached hydrogen (secondary N) is 3. The molecule has 0 aromatic heterocycles. The Morgan fingerprint density at radius 1 is 1.35 bits per heavy atom. The summed E-state index contributed by atoms with van der Waals surface area (Å²) in [5.41, 5.74) is -0.584. The fourth-order valence-electron chi connectivity index (χ4n) is 3.00. The third kappa shape index (κ3) is 5.66. The lowest BCUT2D eigenvalue weighted by atomic mass is 9.80. The number of aliphatic hydroxyl groups is 1. The van der Waals surface area contributed by atoms with Crippen molar-refractivity contribution in [1.82, 2.24) is 20.9 Å². The number of carbonyl (C=O) groups excluding carboxylic acids is 1. The first-order valence-electron chi connectivity index (χ1n) is 8.75. The van der Waals surface area contributed by atoms with E-state index in [2.05, 4.69) is 25.8 Å². The van der Waals surface area contributed by atoms with Crippen LogP contribution in [0.1, 0.15) is 39.0 Å². The van der Waals surface area contributed by atoms with Crippen LogP contribution < -0.4 is 16.0 Å². The first-order valence-corrected chi connectivity index (χ1v) is 8.75. The third-order valence-corrected chi connectivity index (χ3v) is 4.73. The molecule has 0 atom stereocenters. The topological polar surface area (TPSA) is 89.0 Å². The van der Waals surface area contributed by atoms with Crippen molar-refractivity contribution in [2.75, 3.05) is 39.8 Å². The van der Waals surface area contributed by atoms with Crippen LogP contribution in [0.4, 0.5) is 0 Å². The molecule has 0 unspecified atom stereocenters. The molecule has 0 spiro atoms. The molecule has 2 rings (SSSR count). The van der Waals surface area contributed by atoms with Crippen LogP contribution in [-0.2, 0) is 4.79 Å². The minimum atomic E-state index is -0.584. The van der Waals surface area contributed by atoms with Crippen LogP contribution >= 0.6 is 0 Å². The molecule has 1 saturated heterocycles. The van der Waals surface area contributed by atoms with Crippen LogP contribution in [0.25, 0.3) is 0 Å². The predicted octanol–water partition coefficient (Wildman–Crippen LogP) is -0.333. The molecule has 1 saturated carbocycles. The monoisotopic (exact) mass is 325 g/mol. The van der Waals surface area contributed by atoms with Gasteiger partial charge in [-0.2, -0.15) is 0 Å². The summed E-state index contributed by atoms with van der Waals surface area (Å²) >= 11 is 0. The zero-order valence-electron chi connectivity index (χ0n) is 14.4. The number of hydrogen-bond donors (Lipinski definition) is 4. The second kappa shape index (κ2) is 8.49. The van der Waals surface area contributed by atoms with E-state index in [1.807, 2.05) is 6.92 Å². The number of nitrogens with zero attached hydrogens (tertiary/aromatic N) is 2. The van der Waals surface area contributed by atoms with Crippen molar-refractivity contribution in [2.45, 2.75) is 50.7 Å². The second-order valence-electron chi connectivity index (χ2n) is 6.64. The summed E-state index contributed by atoms with van der Waals surface area (Å²) in [4.78, 5) is 18.1. The first kappa shape index (κ1) is 18.0. The SMILES string of the molecule is CCNC(=NCC1(O)CCC1)NC1CCN(CC(=O)NC)CC1. The Balaban J connectivity index is 1.77. The van der Waals surface area contributed by atoms with Crippen molar-refractivity contribution in [3.05, 3.63) is 0 Å². The molecule has 1 aliphatic heterocycles. The number of guanidine groups is 1. The maximum absolute atomic E-state index is 11.4. The molecular formula is C16H31N5O2. The summed E-state index contributed by atoms with van der Waals surface area (Å²) < 4.78 is 0. The van der Waals surface area contributed by atoms with Crippen LogP contribution in [0.2, 0.25) is 0 Å². The summed E-state index contributed by atoms with van der Waals surface area (Å²) in [6.45, 7) is 5.62. The summed E-state index contributed by atoms with van der Waals surface area (Å²) in [5, 5.41) is 19.6. The highest BCUT2D eigenvalue weighted by Gasteiger charge is 2.34. The Morgan fingerprint density at radius 3 is 2.57 bits per heavy atom. The van der Waals surface area contributed by atoms with Gasteiger partial charge in [0.1, 0.15) is 0 Å². The quantitative estimate of drug-likeness (QED) is 0.397. The van der Waals surface area contributed by atoms with Gasteiger partial charge in [0, 0.05) is 32.7 Å².